The SMILES string of the molecule is COc1ccc([C@@H]2OC(O[Si](C)(C)C)(C(F)(F)F)[C@](C)(Cc3ccccc3)N2C(=O)OCc2ccccc2)cc1. The molecule has 6 nitrogen and oxygen atoms in total. The molecule has 1 amide bonds. The number of methoxy groups -OCH3 is 1. The largest absolute Gasteiger partial charge is 0.497 e. The first-order chi connectivity index (χ1) is 18.8. The Morgan fingerprint density at radius 3 is 1.98 bits per heavy atom. The zero-order chi connectivity index (χ0) is 29.2. The van der Waals surface area contributed by atoms with E-state index in [0.29, 0.717) is 22.4 Å². The first kappa shape index (κ1) is 29.6. The number of hydrogen-bond donors (Lipinski definition) is 0. The van der Waals surface area contributed by atoms with Crippen molar-refractivity contribution in [3.63, 3.8) is 0 Å². The van der Waals surface area contributed by atoms with Crippen molar-refractivity contribution in [2.45, 2.75) is 63.3 Å². The topological polar surface area (TPSA) is 57.2 Å². The molecule has 0 radical (unpaired) electrons. The van der Waals surface area contributed by atoms with Crippen molar-refractivity contribution in [1.29, 1.82) is 0 Å². The van der Waals surface area contributed by atoms with Crippen LogP contribution in [0.3, 0.4) is 0 Å². The minimum atomic E-state index is -5.00. The minimum absolute atomic E-state index is 0.124. The van der Waals surface area contributed by atoms with Crippen molar-refractivity contribution < 1.29 is 36.6 Å². The summed E-state index contributed by atoms with van der Waals surface area (Å²) in [5.41, 5.74) is -0.451. The van der Waals surface area contributed by atoms with Crippen molar-refractivity contribution in [2.75, 3.05) is 7.11 Å². The standard InChI is InChI=1S/C30H34F3NO5Si/c1-28(20-22-12-8-6-9-13-22)29(30(31,32)33,39-40(3,4)5)38-26(24-16-18-25(36-2)19-17-24)34(28)27(35)37-21-23-14-10-7-11-15-23/h6-19,26H,20-21H2,1-5H3/t26-,28-,29?/m0/s1. The van der Waals surface area contributed by atoms with Gasteiger partial charge in [-0.2, -0.15) is 13.2 Å². The van der Waals surface area contributed by atoms with Gasteiger partial charge in [0.2, 0.25) is 0 Å². The van der Waals surface area contributed by atoms with Gasteiger partial charge in [-0.3, -0.25) is 4.90 Å². The fourth-order valence-corrected chi connectivity index (χ4v) is 6.26. The lowest BCUT2D eigenvalue weighted by atomic mass is 9.83. The number of hydrogen-bond acceptors (Lipinski definition) is 5. The molecule has 0 aromatic heterocycles. The molecule has 0 aliphatic carbocycles. The summed E-state index contributed by atoms with van der Waals surface area (Å²) in [6, 6.07) is 24.0. The highest BCUT2D eigenvalue weighted by Gasteiger charge is 2.77. The summed E-state index contributed by atoms with van der Waals surface area (Å²) < 4.78 is 69.1. The number of ether oxygens (including phenoxy) is 3. The molecule has 3 aromatic carbocycles. The molecule has 3 aromatic rings. The van der Waals surface area contributed by atoms with Crippen LogP contribution in [-0.4, -0.2) is 43.9 Å². The van der Waals surface area contributed by atoms with Crippen LogP contribution < -0.4 is 4.74 Å². The first-order valence-electron chi connectivity index (χ1n) is 12.9. The van der Waals surface area contributed by atoms with Gasteiger partial charge < -0.3 is 18.6 Å². The van der Waals surface area contributed by atoms with E-state index in [1.165, 1.54) is 14.0 Å². The lowest BCUT2D eigenvalue weighted by Crippen LogP contribution is -2.69. The Morgan fingerprint density at radius 2 is 1.48 bits per heavy atom. The van der Waals surface area contributed by atoms with Gasteiger partial charge in [0, 0.05) is 12.0 Å². The molecule has 1 heterocycles. The molecule has 1 aliphatic rings. The molecule has 40 heavy (non-hydrogen) atoms. The van der Waals surface area contributed by atoms with E-state index in [1.54, 1.807) is 98.5 Å². The molecular formula is C30H34F3NO5Si. The average Bonchev–Trinajstić information content (AvgIpc) is 3.16. The molecule has 3 atom stereocenters. The summed E-state index contributed by atoms with van der Waals surface area (Å²) in [6.45, 7) is 6.21. The average molecular weight is 574 g/mol. The monoisotopic (exact) mass is 573 g/mol. The Morgan fingerprint density at radius 1 is 0.925 bits per heavy atom. The van der Waals surface area contributed by atoms with E-state index in [9.17, 15) is 4.79 Å². The lowest BCUT2D eigenvalue weighted by Gasteiger charge is -2.47. The summed E-state index contributed by atoms with van der Waals surface area (Å²) in [5.74, 6) is -2.64. The Labute approximate surface area is 233 Å². The molecule has 0 spiro atoms. The summed E-state index contributed by atoms with van der Waals surface area (Å²) in [4.78, 5) is 15.0. The van der Waals surface area contributed by atoms with Crippen LogP contribution in [0.25, 0.3) is 0 Å². The normalized spacial score (nSPS) is 23.2. The Balaban J connectivity index is 1.89. The third kappa shape index (κ3) is 5.89. The van der Waals surface area contributed by atoms with Crippen LogP contribution in [0.5, 0.6) is 5.75 Å². The van der Waals surface area contributed by atoms with Gasteiger partial charge in [-0.15, -0.1) is 0 Å². The second-order valence-electron chi connectivity index (χ2n) is 10.9. The van der Waals surface area contributed by atoms with Crippen molar-refractivity contribution in [1.82, 2.24) is 4.90 Å². The summed E-state index contributed by atoms with van der Waals surface area (Å²) in [7, 11) is -1.45. The van der Waals surface area contributed by atoms with Crippen LogP contribution in [0.2, 0.25) is 19.6 Å². The van der Waals surface area contributed by atoms with Crippen molar-refractivity contribution in [2.24, 2.45) is 0 Å². The summed E-state index contributed by atoms with van der Waals surface area (Å²) in [5, 5.41) is 0. The minimum Gasteiger partial charge on any atom is -0.497 e. The van der Waals surface area contributed by atoms with Crippen LogP contribution in [0.1, 0.15) is 29.8 Å². The third-order valence-electron chi connectivity index (χ3n) is 6.77. The van der Waals surface area contributed by atoms with Crippen molar-refractivity contribution in [3.05, 3.63) is 102 Å². The molecule has 1 saturated heterocycles. The van der Waals surface area contributed by atoms with E-state index in [0.717, 1.165) is 4.90 Å². The van der Waals surface area contributed by atoms with E-state index in [-0.39, 0.29) is 13.0 Å². The second kappa shape index (κ2) is 11.3. The number of carbonyl (C=O) groups excluding carboxylic acids is 1. The van der Waals surface area contributed by atoms with Gasteiger partial charge >= 0.3 is 12.3 Å². The maximum Gasteiger partial charge on any atom is 0.444 e. The molecule has 10 heteroatoms. The zero-order valence-electron chi connectivity index (χ0n) is 23.2. The van der Waals surface area contributed by atoms with E-state index in [4.69, 9.17) is 18.6 Å². The van der Waals surface area contributed by atoms with E-state index in [2.05, 4.69) is 0 Å². The highest BCUT2D eigenvalue weighted by molar-refractivity contribution is 6.69. The van der Waals surface area contributed by atoms with Gasteiger partial charge in [-0.25, -0.2) is 4.79 Å². The number of rotatable bonds is 8. The zero-order valence-corrected chi connectivity index (χ0v) is 24.2. The molecule has 0 bridgehead atoms. The number of halogens is 3. The molecular weight excluding hydrogens is 539 g/mol. The number of alkyl halides is 3. The summed E-state index contributed by atoms with van der Waals surface area (Å²) in [6.07, 6.45) is -7.62. The molecule has 214 valence electrons. The van der Waals surface area contributed by atoms with Crippen molar-refractivity contribution >= 4 is 14.4 Å². The first-order valence-corrected chi connectivity index (χ1v) is 16.3. The van der Waals surface area contributed by atoms with E-state index in [1.807, 2.05) is 6.07 Å². The van der Waals surface area contributed by atoms with Gasteiger partial charge in [0.1, 0.15) is 17.9 Å². The highest BCUT2D eigenvalue weighted by Crippen LogP contribution is 2.58. The van der Waals surface area contributed by atoms with Gasteiger partial charge in [0.25, 0.3) is 5.79 Å². The molecule has 1 fully saturated rings. The second-order valence-corrected chi connectivity index (χ2v) is 15.3. The molecule has 4 rings (SSSR count). The number of benzene rings is 3. The molecule has 0 saturated carbocycles. The predicted octanol–water partition coefficient (Wildman–Crippen LogP) is 7.47. The van der Waals surface area contributed by atoms with Crippen LogP contribution >= 0.6 is 0 Å². The Kier molecular flexibility index (Phi) is 8.35. The quantitative estimate of drug-likeness (QED) is 0.262. The Bertz CT molecular complexity index is 1280. The lowest BCUT2D eigenvalue weighted by molar-refractivity contribution is -0.365. The summed E-state index contributed by atoms with van der Waals surface area (Å²) >= 11 is 0. The maximum atomic E-state index is 15.4. The van der Waals surface area contributed by atoms with Crippen LogP contribution in [0, 0.1) is 0 Å². The number of nitrogens with zero attached hydrogens (tertiary/aromatic N) is 1. The fraction of sp³-hybridized carbons (Fsp3) is 0.367. The van der Waals surface area contributed by atoms with E-state index < -0.39 is 38.1 Å². The van der Waals surface area contributed by atoms with E-state index >= 15 is 13.2 Å². The smallest absolute Gasteiger partial charge is 0.444 e. The van der Waals surface area contributed by atoms with Crippen LogP contribution in [-0.2, 0) is 26.9 Å². The Hall–Kier alpha value is -3.34. The molecule has 1 unspecified atom stereocenters. The predicted molar refractivity (Wildman–Crippen MR) is 147 cm³/mol. The van der Waals surface area contributed by atoms with Gasteiger partial charge in [-0.1, -0.05) is 72.8 Å². The third-order valence-corrected chi connectivity index (χ3v) is 7.67. The van der Waals surface area contributed by atoms with Crippen molar-refractivity contribution in [3.8, 4) is 5.75 Å². The van der Waals surface area contributed by atoms with Crippen LogP contribution in [0.15, 0.2) is 84.9 Å². The molecule has 0 N–H and O–H groups in total. The number of amides is 1. The van der Waals surface area contributed by atoms with Gasteiger partial charge in [0.15, 0.2) is 14.5 Å². The molecule has 1 aliphatic heterocycles. The number of carbonyl (C=O) groups is 1. The van der Waals surface area contributed by atoms with Gasteiger partial charge in [-0.05, 0) is 49.8 Å². The van der Waals surface area contributed by atoms with Crippen LogP contribution in [0.4, 0.5) is 18.0 Å². The fourth-order valence-electron chi connectivity index (χ4n) is 5.02. The van der Waals surface area contributed by atoms with Gasteiger partial charge in [0.05, 0.1) is 7.11 Å². The maximum absolute atomic E-state index is 15.4. The highest BCUT2D eigenvalue weighted by atomic mass is 28.4.